The Hall–Kier alpha value is -1.65. The largest absolute Gasteiger partial charge is 0.459 e. The third-order valence-corrected chi connectivity index (χ3v) is 4.37. The first kappa shape index (κ1) is 13.3. The minimum atomic E-state index is -0.232. The van der Waals surface area contributed by atoms with Crippen LogP contribution in [0.15, 0.2) is 40.1 Å². The summed E-state index contributed by atoms with van der Waals surface area (Å²) in [7, 11) is 0. The van der Waals surface area contributed by atoms with Crippen LogP contribution in [-0.4, -0.2) is 6.54 Å². The molecule has 0 spiro atoms. The molecule has 0 saturated heterocycles. The molecule has 1 atom stereocenters. The molecule has 4 heteroatoms. The van der Waals surface area contributed by atoms with Gasteiger partial charge in [0.2, 0.25) is 0 Å². The summed E-state index contributed by atoms with van der Waals surface area (Å²) in [6, 6.07) is 8.80. The maximum atomic E-state index is 13.4. The maximum Gasteiger partial charge on any atom is 0.134 e. The van der Waals surface area contributed by atoms with Gasteiger partial charge in [0.05, 0.1) is 0 Å². The van der Waals surface area contributed by atoms with Crippen molar-refractivity contribution in [1.82, 2.24) is 5.32 Å². The molecule has 0 fully saturated rings. The Balaban J connectivity index is 2.13. The lowest BCUT2D eigenvalue weighted by Crippen LogP contribution is -2.21. The Kier molecular flexibility index (Phi) is 3.59. The average Bonchev–Trinajstić information content (AvgIpc) is 3.06. The number of hydrogen-bond acceptors (Lipinski definition) is 3. The van der Waals surface area contributed by atoms with Crippen molar-refractivity contribution in [3.63, 3.8) is 0 Å². The van der Waals surface area contributed by atoms with Gasteiger partial charge < -0.3 is 9.73 Å². The van der Waals surface area contributed by atoms with Crippen LogP contribution < -0.4 is 5.32 Å². The lowest BCUT2D eigenvalue weighted by Gasteiger charge is -2.14. The number of hydrogen-bond donors (Lipinski definition) is 1. The van der Waals surface area contributed by atoms with Gasteiger partial charge in [-0.3, -0.25) is 0 Å². The summed E-state index contributed by atoms with van der Waals surface area (Å²) in [5.74, 6) is 0.638. The van der Waals surface area contributed by atoms with E-state index >= 15 is 0 Å². The van der Waals surface area contributed by atoms with E-state index < -0.39 is 0 Å². The van der Waals surface area contributed by atoms with Gasteiger partial charge in [-0.25, -0.2) is 4.39 Å². The fourth-order valence-corrected chi connectivity index (χ4v) is 3.27. The first-order valence-corrected chi connectivity index (χ1v) is 7.54. The van der Waals surface area contributed by atoms with Gasteiger partial charge in [0.1, 0.15) is 23.2 Å². The van der Waals surface area contributed by atoms with Crippen LogP contribution in [0.25, 0.3) is 11.0 Å². The van der Waals surface area contributed by atoms with E-state index in [2.05, 4.69) is 23.7 Å². The van der Waals surface area contributed by atoms with Crippen LogP contribution in [0.2, 0.25) is 0 Å². The molecule has 2 aromatic heterocycles. The van der Waals surface area contributed by atoms with E-state index in [1.54, 1.807) is 17.4 Å². The maximum absolute atomic E-state index is 13.4. The Morgan fingerprint density at radius 1 is 1.35 bits per heavy atom. The monoisotopic (exact) mass is 289 g/mol. The van der Waals surface area contributed by atoms with Gasteiger partial charge >= 0.3 is 0 Å². The highest BCUT2D eigenvalue weighted by molar-refractivity contribution is 7.10. The molecule has 0 aliphatic rings. The van der Waals surface area contributed by atoms with Crippen LogP contribution in [0.1, 0.15) is 29.2 Å². The molecule has 2 nitrogen and oxygen atoms in total. The fraction of sp³-hybridized carbons (Fsp3) is 0.250. The third kappa shape index (κ3) is 2.25. The number of thiophene rings is 1. The predicted octanol–water partition coefficient (Wildman–Crippen LogP) is 4.64. The van der Waals surface area contributed by atoms with Gasteiger partial charge in [-0.05, 0) is 43.1 Å². The zero-order valence-electron chi connectivity index (χ0n) is 11.4. The summed E-state index contributed by atoms with van der Waals surface area (Å²) in [4.78, 5) is 1.20. The van der Waals surface area contributed by atoms with Gasteiger partial charge in [-0.15, -0.1) is 11.3 Å². The molecule has 2 heterocycles. The van der Waals surface area contributed by atoms with Crippen molar-refractivity contribution < 1.29 is 8.81 Å². The molecule has 3 aromatic rings. The molecule has 0 aliphatic heterocycles. The highest BCUT2D eigenvalue weighted by atomic mass is 32.1. The predicted molar refractivity (Wildman–Crippen MR) is 80.7 cm³/mol. The third-order valence-electron chi connectivity index (χ3n) is 3.43. The van der Waals surface area contributed by atoms with Gasteiger partial charge in [0.25, 0.3) is 0 Å². The Bertz CT molecular complexity index is 717. The number of fused-ring (bicyclic) bond motifs is 1. The second-order valence-corrected chi connectivity index (χ2v) is 5.72. The van der Waals surface area contributed by atoms with Crippen molar-refractivity contribution in [2.75, 3.05) is 6.54 Å². The molecule has 0 radical (unpaired) electrons. The minimum absolute atomic E-state index is 0.0236. The topological polar surface area (TPSA) is 25.2 Å². The molecule has 3 rings (SSSR count). The fourth-order valence-electron chi connectivity index (χ4n) is 2.47. The summed E-state index contributed by atoms with van der Waals surface area (Å²) in [5, 5.41) is 6.34. The van der Waals surface area contributed by atoms with Crippen LogP contribution in [0.4, 0.5) is 4.39 Å². The van der Waals surface area contributed by atoms with Crippen molar-refractivity contribution in [3.05, 3.63) is 57.7 Å². The molecule has 0 saturated carbocycles. The lowest BCUT2D eigenvalue weighted by molar-refractivity contribution is 0.477. The average molecular weight is 289 g/mol. The van der Waals surface area contributed by atoms with E-state index in [1.165, 1.54) is 17.0 Å². The summed E-state index contributed by atoms with van der Waals surface area (Å²) in [6.45, 7) is 4.89. The molecule has 0 bridgehead atoms. The van der Waals surface area contributed by atoms with Gasteiger partial charge in [0.15, 0.2) is 0 Å². The molecule has 104 valence electrons. The lowest BCUT2D eigenvalue weighted by atomic mass is 10.1. The van der Waals surface area contributed by atoms with Gasteiger partial charge in [-0.1, -0.05) is 13.0 Å². The molecule has 20 heavy (non-hydrogen) atoms. The first-order chi connectivity index (χ1) is 9.70. The quantitative estimate of drug-likeness (QED) is 0.757. The summed E-state index contributed by atoms with van der Waals surface area (Å²) < 4.78 is 19.4. The molecule has 1 N–H and O–H groups in total. The molecule has 1 aromatic carbocycles. The van der Waals surface area contributed by atoms with Crippen LogP contribution in [0, 0.1) is 12.7 Å². The second kappa shape index (κ2) is 5.38. The van der Waals surface area contributed by atoms with E-state index in [0.29, 0.717) is 0 Å². The Morgan fingerprint density at radius 2 is 2.20 bits per heavy atom. The van der Waals surface area contributed by atoms with E-state index in [1.807, 2.05) is 13.0 Å². The van der Waals surface area contributed by atoms with Crippen LogP contribution in [-0.2, 0) is 0 Å². The number of halogens is 1. The number of furan rings is 1. The molecule has 0 amide bonds. The van der Waals surface area contributed by atoms with E-state index in [-0.39, 0.29) is 11.9 Å². The zero-order valence-corrected chi connectivity index (χ0v) is 12.3. The van der Waals surface area contributed by atoms with Crippen molar-refractivity contribution in [3.8, 4) is 0 Å². The van der Waals surface area contributed by atoms with Crippen molar-refractivity contribution >= 4 is 22.3 Å². The molecular weight excluding hydrogens is 273 g/mol. The van der Waals surface area contributed by atoms with Crippen LogP contribution >= 0.6 is 11.3 Å². The standard InChI is InChI=1S/C16H16FNOS/c1-3-18-15(14-5-4-8-20-14)16-10(2)12-9-11(17)6-7-13(12)19-16/h4-9,15,18H,3H2,1-2H3. The summed E-state index contributed by atoms with van der Waals surface area (Å²) >= 11 is 1.69. The van der Waals surface area contributed by atoms with Crippen LogP contribution in [0.3, 0.4) is 0 Å². The molecule has 0 aliphatic carbocycles. The number of nitrogens with one attached hydrogen (secondary N) is 1. The molecular formula is C16H16FNOS. The molecule has 1 unspecified atom stereocenters. The van der Waals surface area contributed by atoms with E-state index in [4.69, 9.17) is 4.42 Å². The Labute approximate surface area is 121 Å². The second-order valence-electron chi connectivity index (χ2n) is 4.74. The highest BCUT2D eigenvalue weighted by Gasteiger charge is 2.22. The Morgan fingerprint density at radius 3 is 2.90 bits per heavy atom. The summed E-state index contributed by atoms with van der Waals surface area (Å²) in [5.41, 5.74) is 1.73. The van der Waals surface area contributed by atoms with Gasteiger partial charge in [-0.2, -0.15) is 0 Å². The number of aryl methyl sites for hydroxylation is 1. The summed E-state index contributed by atoms with van der Waals surface area (Å²) in [6.07, 6.45) is 0. The van der Waals surface area contributed by atoms with Crippen molar-refractivity contribution in [2.45, 2.75) is 19.9 Å². The van der Waals surface area contributed by atoms with Gasteiger partial charge in [0, 0.05) is 15.8 Å². The smallest absolute Gasteiger partial charge is 0.134 e. The van der Waals surface area contributed by atoms with Crippen molar-refractivity contribution in [2.24, 2.45) is 0 Å². The number of rotatable bonds is 4. The first-order valence-electron chi connectivity index (χ1n) is 6.66. The van der Waals surface area contributed by atoms with E-state index in [0.717, 1.165) is 28.8 Å². The normalized spacial score (nSPS) is 12.9. The van der Waals surface area contributed by atoms with Crippen molar-refractivity contribution in [1.29, 1.82) is 0 Å². The van der Waals surface area contributed by atoms with E-state index in [9.17, 15) is 4.39 Å². The SMILES string of the molecule is CCNC(c1cccs1)c1oc2ccc(F)cc2c1C. The zero-order chi connectivity index (χ0) is 14.1. The minimum Gasteiger partial charge on any atom is -0.459 e. The number of benzene rings is 1. The highest BCUT2D eigenvalue weighted by Crippen LogP contribution is 2.34. The van der Waals surface area contributed by atoms with Crippen LogP contribution in [0.5, 0.6) is 0 Å².